The molecule has 0 saturated carbocycles. The van der Waals surface area contributed by atoms with E-state index in [4.69, 9.17) is 5.11 Å². The lowest BCUT2D eigenvalue weighted by Gasteiger charge is -2.20. The van der Waals surface area contributed by atoms with Gasteiger partial charge in [0.2, 0.25) is 0 Å². The molecule has 0 fully saturated rings. The van der Waals surface area contributed by atoms with Gasteiger partial charge in [-0.3, -0.25) is 9.69 Å². The Morgan fingerprint density at radius 2 is 2.05 bits per heavy atom. The maximum Gasteiger partial charge on any atom is 0.317 e. The van der Waals surface area contributed by atoms with Crippen LogP contribution in [0.15, 0.2) is 36.5 Å². The van der Waals surface area contributed by atoms with Crippen LogP contribution in [0.1, 0.15) is 19.5 Å². The molecule has 0 bridgehead atoms. The Hall–Kier alpha value is -2.21. The smallest absolute Gasteiger partial charge is 0.317 e. The molecule has 1 heterocycles. The van der Waals surface area contributed by atoms with Crippen LogP contribution < -0.4 is 0 Å². The molecule has 0 spiro atoms. The normalized spacial score (nSPS) is 11.2. The molecule has 1 aromatic carbocycles. The minimum absolute atomic E-state index is 0.0103. The molecule has 0 unspecified atom stereocenters. The molecule has 112 valence electrons. The number of aromatic nitrogens is 3. The molecule has 0 aliphatic rings. The number of para-hydroxylation sites is 1. The predicted molar refractivity (Wildman–Crippen MR) is 79.1 cm³/mol. The zero-order valence-corrected chi connectivity index (χ0v) is 12.3. The van der Waals surface area contributed by atoms with Gasteiger partial charge in [-0.1, -0.05) is 32.0 Å². The summed E-state index contributed by atoms with van der Waals surface area (Å²) in [6, 6.07) is 9.63. The van der Waals surface area contributed by atoms with E-state index in [2.05, 4.69) is 24.0 Å². The van der Waals surface area contributed by atoms with E-state index in [0.717, 1.165) is 11.4 Å². The van der Waals surface area contributed by atoms with Crippen LogP contribution >= 0.6 is 0 Å². The number of carbonyl (C=O) groups is 1. The predicted octanol–water partition coefficient (Wildman–Crippen LogP) is 1.81. The summed E-state index contributed by atoms with van der Waals surface area (Å²) < 4.78 is 0. The summed E-state index contributed by atoms with van der Waals surface area (Å²) in [5.41, 5.74) is 1.65. The van der Waals surface area contributed by atoms with Crippen molar-refractivity contribution in [1.29, 1.82) is 0 Å². The lowest BCUT2D eigenvalue weighted by Crippen LogP contribution is -2.32. The van der Waals surface area contributed by atoms with Crippen molar-refractivity contribution in [3.8, 4) is 5.69 Å². The van der Waals surface area contributed by atoms with Crippen molar-refractivity contribution in [3.63, 3.8) is 0 Å². The molecule has 0 radical (unpaired) electrons. The summed E-state index contributed by atoms with van der Waals surface area (Å²) in [6.07, 6.45) is 1.68. The van der Waals surface area contributed by atoms with Gasteiger partial charge in [0.15, 0.2) is 0 Å². The summed E-state index contributed by atoms with van der Waals surface area (Å²) in [6.45, 7) is 5.34. The van der Waals surface area contributed by atoms with Crippen molar-refractivity contribution >= 4 is 5.97 Å². The van der Waals surface area contributed by atoms with E-state index in [1.165, 1.54) is 0 Å². The van der Waals surface area contributed by atoms with Crippen LogP contribution in [0.3, 0.4) is 0 Å². The molecule has 6 nitrogen and oxygen atoms in total. The molecule has 0 atom stereocenters. The first-order valence-electron chi connectivity index (χ1n) is 6.95. The fraction of sp³-hybridized carbons (Fsp3) is 0.400. The number of benzene rings is 1. The molecule has 1 aromatic heterocycles. The van der Waals surface area contributed by atoms with Crippen LogP contribution in [0.25, 0.3) is 5.69 Å². The van der Waals surface area contributed by atoms with Gasteiger partial charge in [0, 0.05) is 13.1 Å². The summed E-state index contributed by atoms with van der Waals surface area (Å²) in [7, 11) is 0. The zero-order chi connectivity index (χ0) is 15.2. The monoisotopic (exact) mass is 288 g/mol. The summed E-state index contributed by atoms with van der Waals surface area (Å²) in [5.74, 6) is -0.431. The van der Waals surface area contributed by atoms with Crippen LogP contribution in [0, 0.1) is 5.92 Å². The van der Waals surface area contributed by atoms with Crippen molar-refractivity contribution in [2.45, 2.75) is 20.4 Å². The van der Waals surface area contributed by atoms with Crippen molar-refractivity contribution in [3.05, 3.63) is 42.2 Å². The highest BCUT2D eigenvalue weighted by molar-refractivity contribution is 5.69. The number of nitrogens with zero attached hydrogens (tertiary/aromatic N) is 4. The van der Waals surface area contributed by atoms with Crippen LogP contribution in [0.5, 0.6) is 0 Å². The van der Waals surface area contributed by atoms with Crippen LogP contribution in [-0.4, -0.2) is 44.1 Å². The maximum absolute atomic E-state index is 10.9. The second kappa shape index (κ2) is 6.99. The van der Waals surface area contributed by atoms with Crippen LogP contribution in [0.2, 0.25) is 0 Å². The van der Waals surface area contributed by atoms with E-state index in [1.54, 1.807) is 11.0 Å². The Kier molecular flexibility index (Phi) is 5.05. The third kappa shape index (κ3) is 4.68. The van der Waals surface area contributed by atoms with E-state index >= 15 is 0 Å². The molecule has 2 rings (SSSR count). The summed E-state index contributed by atoms with van der Waals surface area (Å²) >= 11 is 0. The summed E-state index contributed by atoms with van der Waals surface area (Å²) in [5, 5.41) is 17.6. The van der Waals surface area contributed by atoms with Crippen LogP contribution in [-0.2, 0) is 11.3 Å². The van der Waals surface area contributed by atoms with Gasteiger partial charge in [0.05, 0.1) is 24.1 Å². The molecule has 0 aliphatic carbocycles. The van der Waals surface area contributed by atoms with Gasteiger partial charge in [-0.25, -0.2) is 0 Å². The van der Waals surface area contributed by atoms with E-state index < -0.39 is 5.97 Å². The van der Waals surface area contributed by atoms with Crippen molar-refractivity contribution in [2.75, 3.05) is 13.1 Å². The lowest BCUT2D eigenvalue weighted by molar-refractivity contribution is -0.138. The quantitative estimate of drug-likeness (QED) is 0.841. The Morgan fingerprint density at radius 1 is 1.33 bits per heavy atom. The molecule has 6 heteroatoms. The van der Waals surface area contributed by atoms with E-state index in [9.17, 15) is 4.79 Å². The zero-order valence-electron chi connectivity index (χ0n) is 12.3. The first-order chi connectivity index (χ1) is 10.0. The Morgan fingerprint density at radius 3 is 2.67 bits per heavy atom. The molecule has 21 heavy (non-hydrogen) atoms. The van der Waals surface area contributed by atoms with Gasteiger partial charge in [-0.2, -0.15) is 15.0 Å². The van der Waals surface area contributed by atoms with Gasteiger partial charge in [0.25, 0.3) is 0 Å². The second-order valence-corrected chi connectivity index (χ2v) is 5.42. The number of carboxylic acid groups (broad SMARTS) is 1. The van der Waals surface area contributed by atoms with E-state index in [1.807, 2.05) is 35.2 Å². The minimum atomic E-state index is -0.828. The Bertz CT molecular complexity index is 580. The van der Waals surface area contributed by atoms with Gasteiger partial charge < -0.3 is 5.11 Å². The Balaban J connectivity index is 2.07. The summed E-state index contributed by atoms with van der Waals surface area (Å²) in [4.78, 5) is 14.4. The molecular weight excluding hydrogens is 268 g/mol. The van der Waals surface area contributed by atoms with Crippen LogP contribution in [0.4, 0.5) is 0 Å². The van der Waals surface area contributed by atoms with Crippen molar-refractivity contribution in [2.24, 2.45) is 5.92 Å². The van der Waals surface area contributed by atoms with Gasteiger partial charge in [-0.15, -0.1) is 0 Å². The highest BCUT2D eigenvalue weighted by Crippen LogP contribution is 2.07. The van der Waals surface area contributed by atoms with Gasteiger partial charge >= 0.3 is 5.97 Å². The first kappa shape index (κ1) is 15.2. The number of carboxylic acids is 1. The molecule has 0 saturated heterocycles. The second-order valence-electron chi connectivity index (χ2n) is 5.42. The number of rotatable bonds is 7. The molecule has 0 amide bonds. The fourth-order valence-corrected chi connectivity index (χ4v) is 2.17. The third-order valence-corrected chi connectivity index (χ3v) is 2.89. The van der Waals surface area contributed by atoms with Crippen molar-refractivity contribution < 1.29 is 9.90 Å². The topological polar surface area (TPSA) is 71.2 Å². The molecule has 2 aromatic rings. The van der Waals surface area contributed by atoms with E-state index in [0.29, 0.717) is 19.0 Å². The minimum Gasteiger partial charge on any atom is -0.480 e. The highest BCUT2D eigenvalue weighted by atomic mass is 16.4. The average molecular weight is 288 g/mol. The molecule has 1 N–H and O–H groups in total. The van der Waals surface area contributed by atoms with E-state index in [-0.39, 0.29) is 6.54 Å². The maximum atomic E-state index is 10.9. The SMILES string of the molecule is CC(C)CN(CC(=O)O)Cc1cnn(-c2ccccc2)n1. The average Bonchev–Trinajstić information content (AvgIpc) is 2.86. The van der Waals surface area contributed by atoms with Crippen molar-refractivity contribution in [1.82, 2.24) is 19.9 Å². The standard InChI is InChI=1S/C15H20N4O2/c1-12(2)9-18(11-15(20)21)10-13-8-16-19(17-13)14-6-4-3-5-7-14/h3-8,12H,9-11H2,1-2H3,(H,20,21). The number of aliphatic carboxylic acids is 1. The first-order valence-corrected chi connectivity index (χ1v) is 6.95. The fourth-order valence-electron chi connectivity index (χ4n) is 2.17. The highest BCUT2D eigenvalue weighted by Gasteiger charge is 2.14. The number of hydrogen-bond acceptors (Lipinski definition) is 4. The van der Waals surface area contributed by atoms with Gasteiger partial charge in [0.1, 0.15) is 0 Å². The van der Waals surface area contributed by atoms with Gasteiger partial charge in [-0.05, 0) is 18.1 Å². The molecule has 0 aliphatic heterocycles. The third-order valence-electron chi connectivity index (χ3n) is 2.89. The Labute approximate surface area is 124 Å². The largest absolute Gasteiger partial charge is 0.480 e. The lowest BCUT2D eigenvalue weighted by atomic mass is 10.2. The molecular formula is C15H20N4O2. The number of hydrogen-bond donors (Lipinski definition) is 1.